The lowest BCUT2D eigenvalue weighted by Gasteiger charge is -2.09. The SMILES string of the molecule is Cc1ccc(N=C(C#C[Si](C)(C)C)c2ccc(C(F)(F)F)cc2F)cc1. The molecule has 0 amide bonds. The van der Waals surface area contributed by atoms with Crippen LogP contribution >= 0.6 is 0 Å². The molecule has 26 heavy (non-hydrogen) atoms. The molecule has 0 aliphatic heterocycles. The predicted molar refractivity (Wildman–Crippen MR) is 99.9 cm³/mol. The smallest absolute Gasteiger partial charge is 0.239 e. The summed E-state index contributed by atoms with van der Waals surface area (Å²) >= 11 is 0. The van der Waals surface area contributed by atoms with Gasteiger partial charge in [-0.05, 0) is 37.3 Å². The van der Waals surface area contributed by atoms with Gasteiger partial charge in [0.1, 0.15) is 19.6 Å². The second kappa shape index (κ2) is 7.46. The predicted octanol–water partition coefficient (Wildman–Crippen LogP) is 6.15. The van der Waals surface area contributed by atoms with Crippen molar-refractivity contribution >= 4 is 19.5 Å². The van der Waals surface area contributed by atoms with Crippen LogP contribution in [0.5, 0.6) is 0 Å². The Morgan fingerprint density at radius 2 is 1.62 bits per heavy atom. The van der Waals surface area contributed by atoms with Crippen LogP contribution in [0.25, 0.3) is 0 Å². The minimum absolute atomic E-state index is 0.0377. The Labute approximate surface area is 151 Å². The van der Waals surface area contributed by atoms with Crippen molar-refractivity contribution in [3.63, 3.8) is 0 Å². The molecule has 0 N–H and O–H groups in total. The molecule has 1 nitrogen and oxygen atoms in total. The summed E-state index contributed by atoms with van der Waals surface area (Å²) in [6.45, 7) is 7.99. The molecule has 0 aliphatic carbocycles. The molecule has 0 atom stereocenters. The molecule has 0 fully saturated rings. The van der Waals surface area contributed by atoms with Gasteiger partial charge in [-0.3, -0.25) is 0 Å². The second-order valence-corrected chi connectivity index (χ2v) is 11.7. The summed E-state index contributed by atoms with van der Waals surface area (Å²) in [4.78, 5) is 4.37. The molecular formula is C20H19F4NSi. The average molecular weight is 377 g/mol. The molecule has 0 spiro atoms. The number of aryl methyl sites for hydroxylation is 1. The van der Waals surface area contributed by atoms with Crippen LogP contribution < -0.4 is 0 Å². The van der Waals surface area contributed by atoms with Crippen LogP contribution in [0.1, 0.15) is 16.7 Å². The lowest BCUT2D eigenvalue weighted by Crippen LogP contribution is -2.17. The maximum absolute atomic E-state index is 14.4. The van der Waals surface area contributed by atoms with Crippen LogP contribution in [0.4, 0.5) is 23.2 Å². The molecule has 0 heterocycles. The zero-order chi connectivity index (χ0) is 19.5. The van der Waals surface area contributed by atoms with Crippen molar-refractivity contribution in [2.75, 3.05) is 0 Å². The van der Waals surface area contributed by atoms with Crippen molar-refractivity contribution in [3.05, 3.63) is 65.0 Å². The first-order chi connectivity index (χ1) is 12.0. The van der Waals surface area contributed by atoms with Gasteiger partial charge in [-0.15, -0.1) is 5.54 Å². The third-order valence-electron chi connectivity index (χ3n) is 3.38. The lowest BCUT2D eigenvalue weighted by molar-refractivity contribution is -0.137. The Bertz CT molecular complexity index is 879. The number of hydrogen-bond acceptors (Lipinski definition) is 1. The summed E-state index contributed by atoms with van der Waals surface area (Å²) in [5.41, 5.74) is 3.75. The molecule has 136 valence electrons. The number of benzene rings is 2. The minimum Gasteiger partial charge on any atom is -0.239 e. The van der Waals surface area contributed by atoms with E-state index < -0.39 is 25.6 Å². The van der Waals surface area contributed by atoms with Gasteiger partial charge in [-0.1, -0.05) is 43.3 Å². The number of alkyl halides is 3. The third-order valence-corrected chi connectivity index (χ3v) is 4.26. The molecular weight excluding hydrogens is 358 g/mol. The van der Waals surface area contributed by atoms with Crippen molar-refractivity contribution in [2.24, 2.45) is 4.99 Å². The van der Waals surface area contributed by atoms with Crippen molar-refractivity contribution in [1.29, 1.82) is 0 Å². The van der Waals surface area contributed by atoms with Crippen LogP contribution in [-0.2, 0) is 6.18 Å². The molecule has 0 saturated heterocycles. The van der Waals surface area contributed by atoms with Crippen molar-refractivity contribution in [1.82, 2.24) is 0 Å². The van der Waals surface area contributed by atoms with Gasteiger partial charge < -0.3 is 0 Å². The Kier molecular flexibility index (Phi) is 5.72. The van der Waals surface area contributed by atoms with E-state index in [0.29, 0.717) is 11.8 Å². The van der Waals surface area contributed by atoms with E-state index in [9.17, 15) is 17.6 Å². The summed E-state index contributed by atoms with van der Waals surface area (Å²) in [7, 11) is -1.78. The minimum atomic E-state index is -4.60. The Hall–Kier alpha value is -2.39. The van der Waals surface area contributed by atoms with E-state index in [-0.39, 0.29) is 11.3 Å². The molecule has 0 radical (unpaired) electrons. The average Bonchev–Trinajstić information content (AvgIpc) is 2.52. The highest BCUT2D eigenvalue weighted by atomic mass is 28.3. The molecule has 2 rings (SSSR count). The van der Waals surface area contributed by atoms with Crippen LogP contribution in [-0.4, -0.2) is 13.8 Å². The first-order valence-corrected chi connectivity index (χ1v) is 11.5. The monoisotopic (exact) mass is 377 g/mol. The highest BCUT2D eigenvalue weighted by Crippen LogP contribution is 2.30. The highest BCUT2D eigenvalue weighted by Gasteiger charge is 2.31. The summed E-state index contributed by atoms with van der Waals surface area (Å²) in [6, 6.07) is 9.64. The van der Waals surface area contributed by atoms with Gasteiger partial charge in [0.2, 0.25) is 0 Å². The highest BCUT2D eigenvalue weighted by molar-refractivity contribution is 6.84. The molecule has 2 aromatic rings. The maximum atomic E-state index is 14.4. The van der Waals surface area contributed by atoms with Crippen molar-refractivity contribution < 1.29 is 17.6 Å². The summed E-state index contributed by atoms with van der Waals surface area (Å²) in [5, 5.41) is 0. The second-order valence-electron chi connectivity index (χ2n) is 6.99. The van der Waals surface area contributed by atoms with Crippen molar-refractivity contribution in [3.8, 4) is 11.5 Å². The molecule has 6 heteroatoms. The maximum Gasteiger partial charge on any atom is 0.416 e. The van der Waals surface area contributed by atoms with Crippen LogP contribution in [0.15, 0.2) is 47.5 Å². The largest absolute Gasteiger partial charge is 0.416 e. The van der Waals surface area contributed by atoms with Gasteiger partial charge in [-0.25, -0.2) is 9.38 Å². The summed E-state index contributed by atoms with van der Waals surface area (Å²) < 4.78 is 52.7. The zero-order valence-electron chi connectivity index (χ0n) is 15.0. The Morgan fingerprint density at radius 1 is 1.00 bits per heavy atom. The van der Waals surface area contributed by atoms with E-state index in [1.807, 2.05) is 38.7 Å². The fourth-order valence-corrected chi connectivity index (χ4v) is 2.53. The zero-order valence-corrected chi connectivity index (χ0v) is 16.0. The van der Waals surface area contributed by atoms with Gasteiger partial charge in [-0.2, -0.15) is 13.2 Å². The fourth-order valence-electron chi connectivity index (χ4n) is 2.03. The fraction of sp³-hybridized carbons (Fsp3) is 0.250. The topological polar surface area (TPSA) is 12.4 Å². The quantitative estimate of drug-likeness (QED) is 0.257. The van der Waals surface area contributed by atoms with E-state index in [2.05, 4.69) is 16.5 Å². The number of rotatable bonds is 2. The first kappa shape index (κ1) is 19.9. The van der Waals surface area contributed by atoms with Gasteiger partial charge in [0.25, 0.3) is 0 Å². The summed E-state index contributed by atoms with van der Waals surface area (Å²) in [6.07, 6.45) is -4.60. The van der Waals surface area contributed by atoms with E-state index in [0.717, 1.165) is 17.7 Å². The summed E-state index contributed by atoms with van der Waals surface area (Å²) in [5.74, 6) is 1.89. The normalized spacial score (nSPS) is 12.5. The van der Waals surface area contributed by atoms with E-state index >= 15 is 0 Å². The van der Waals surface area contributed by atoms with Crippen molar-refractivity contribution in [2.45, 2.75) is 32.7 Å². The van der Waals surface area contributed by atoms with Gasteiger partial charge in [0.05, 0.1) is 11.3 Å². The van der Waals surface area contributed by atoms with Crippen LogP contribution in [0, 0.1) is 24.2 Å². The van der Waals surface area contributed by atoms with Gasteiger partial charge in [0.15, 0.2) is 0 Å². The molecule has 0 bridgehead atoms. The van der Waals surface area contributed by atoms with E-state index in [1.54, 1.807) is 12.1 Å². The molecule has 0 aliphatic rings. The van der Waals surface area contributed by atoms with Gasteiger partial charge >= 0.3 is 6.18 Å². The van der Waals surface area contributed by atoms with Crippen LogP contribution in [0.2, 0.25) is 19.6 Å². The number of aliphatic imine (C=N–C) groups is 1. The molecule has 0 unspecified atom stereocenters. The number of halogens is 4. The number of hydrogen-bond donors (Lipinski definition) is 0. The van der Waals surface area contributed by atoms with Gasteiger partial charge in [0, 0.05) is 5.56 Å². The lowest BCUT2D eigenvalue weighted by atomic mass is 10.1. The number of nitrogens with zero attached hydrogens (tertiary/aromatic N) is 1. The molecule has 0 saturated carbocycles. The molecule has 2 aromatic carbocycles. The Morgan fingerprint density at radius 3 is 2.12 bits per heavy atom. The Balaban J connectivity index is 2.57. The molecule has 0 aromatic heterocycles. The first-order valence-electron chi connectivity index (χ1n) is 8.01. The van der Waals surface area contributed by atoms with E-state index in [1.165, 1.54) is 0 Å². The third kappa shape index (κ3) is 5.56. The standard InChI is InChI=1S/C20H19F4NSi/c1-14-5-8-16(9-6-14)25-19(11-12-26(2,3)4)17-10-7-15(13-18(17)21)20(22,23)24/h5-10,13H,1-4H3. The van der Waals surface area contributed by atoms with E-state index in [4.69, 9.17) is 0 Å². The van der Waals surface area contributed by atoms with Crippen LogP contribution in [0.3, 0.4) is 0 Å².